The van der Waals surface area contributed by atoms with Crippen LogP contribution in [0, 0.1) is 0 Å². The Kier molecular flexibility index (Phi) is 2.01. The van der Waals surface area contributed by atoms with E-state index in [2.05, 4.69) is 10.3 Å². The highest BCUT2D eigenvalue weighted by Crippen LogP contribution is 2.21. The van der Waals surface area contributed by atoms with Gasteiger partial charge in [0.1, 0.15) is 6.61 Å². The molecule has 1 aromatic heterocycles. The molecule has 2 aromatic rings. The molecule has 1 aliphatic heterocycles. The standard InChI is InChI=1S/C16H21N3O2/c1-19(2)6-5-12-9-17-15-4-3-11(8-14(12)15)7-13-10-21-16(20)18-13/h3-4,8-9,13,17H,5-7,10H2,1-2H3,(H,18,20)/t13-/m0/s1/i1D3,3D,4D,6D2,8D. The summed E-state index contributed by atoms with van der Waals surface area (Å²) >= 11 is 0. The number of nitrogens with one attached hydrogen (secondary N) is 2. The lowest BCUT2D eigenvalue weighted by Gasteiger charge is -2.09. The summed E-state index contributed by atoms with van der Waals surface area (Å²) in [5, 5.41) is 2.85. The molecule has 5 heteroatoms. The molecule has 112 valence electrons. The Labute approximate surface area is 135 Å². The normalized spacial score (nSPS) is 25.0. The monoisotopic (exact) mass is 295 g/mol. The molecule has 1 atom stereocenters. The zero-order chi connectivity index (χ0) is 21.7. The summed E-state index contributed by atoms with van der Waals surface area (Å²) < 4.78 is 68.5. The highest BCUT2D eigenvalue weighted by Gasteiger charge is 2.22. The number of nitrogens with zero attached hydrogens (tertiary/aromatic N) is 1. The second-order valence-corrected chi connectivity index (χ2v) is 4.96. The van der Waals surface area contributed by atoms with Gasteiger partial charge in [-0.2, -0.15) is 0 Å². The predicted octanol–water partition coefficient (Wildman–Crippen LogP) is 1.92. The summed E-state index contributed by atoms with van der Waals surface area (Å²) in [6, 6.07) is -0.777. The van der Waals surface area contributed by atoms with Crippen LogP contribution in [0.25, 0.3) is 10.9 Å². The van der Waals surface area contributed by atoms with Gasteiger partial charge in [-0.1, -0.05) is 6.04 Å². The fourth-order valence-corrected chi connectivity index (χ4v) is 2.25. The number of cyclic esters (lactones) is 1. The SMILES string of the molecule is [2H]c1c(C[C@H]2COC(=O)N2)c([2H])c2c(CC([2H])([2H])N(C)C([2H])([2H])[2H])c[nH]c2c1[2H]. The van der Waals surface area contributed by atoms with E-state index in [0.717, 1.165) is 7.05 Å². The van der Waals surface area contributed by atoms with E-state index < -0.39 is 25.6 Å². The molecule has 0 aliphatic carbocycles. The van der Waals surface area contributed by atoms with E-state index in [4.69, 9.17) is 15.7 Å². The van der Waals surface area contributed by atoms with Gasteiger partial charge in [-0.05, 0) is 50.1 Å². The largest absolute Gasteiger partial charge is 0.447 e. The molecule has 2 heterocycles. The first-order valence-electron chi connectivity index (χ1n) is 10.6. The molecule has 1 fully saturated rings. The summed E-state index contributed by atoms with van der Waals surface area (Å²) in [6.45, 7) is -4.78. The van der Waals surface area contributed by atoms with Gasteiger partial charge in [0.15, 0.2) is 0 Å². The van der Waals surface area contributed by atoms with E-state index in [1.54, 1.807) is 0 Å². The molecule has 2 N–H and O–H groups in total. The number of hydrogen-bond donors (Lipinski definition) is 2. The van der Waals surface area contributed by atoms with Crippen LogP contribution < -0.4 is 5.32 Å². The van der Waals surface area contributed by atoms with Crippen LogP contribution in [0.4, 0.5) is 4.79 Å². The minimum Gasteiger partial charge on any atom is -0.447 e. The lowest BCUT2D eigenvalue weighted by atomic mass is 10.0. The van der Waals surface area contributed by atoms with Crippen LogP contribution in [-0.4, -0.2) is 49.1 Å². The second-order valence-electron chi connectivity index (χ2n) is 4.96. The van der Waals surface area contributed by atoms with Crippen molar-refractivity contribution in [2.45, 2.75) is 18.9 Å². The quantitative estimate of drug-likeness (QED) is 0.886. The second kappa shape index (κ2) is 5.77. The van der Waals surface area contributed by atoms with E-state index >= 15 is 0 Å². The van der Waals surface area contributed by atoms with Gasteiger partial charge in [0, 0.05) is 30.5 Å². The van der Waals surface area contributed by atoms with Crippen molar-refractivity contribution in [2.24, 2.45) is 0 Å². The van der Waals surface area contributed by atoms with E-state index in [-0.39, 0.29) is 54.0 Å². The number of likely N-dealkylation sites (N-methyl/N-ethyl adjacent to an activating group) is 1. The fourth-order valence-electron chi connectivity index (χ4n) is 2.25. The van der Waals surface area contributed by atoms with E-state index in [1.165, 1.54) is 6.20 Å². The van der Waals surface area contributed by atoms with Crippen molar-refractivity contribution in [3.8, 4) is 0 Å². The zero-order valence-corrected chi connectivity index (χ0v) is 11.5. The molecule has 0 radical (unpaired) electrons. The van der Waals surface area contributed by atoms with E-state index in [1.807, 2.05) is 0 Å². The van der Waals surface area contributed by atoms with Crippen molar-refractivity contribution in [3.05, 3.63) is 35.5 Å². The average Bonchev–Trinajstić information content (AvgIpc) is 3.21. The number of benzene rings is 1. The number of aryl methyl sites for hydroxylation is 1. The summed E-state index contributed by atoms with van der Waals surface area (Å²) in [7, 11) is 1.16. The van der Waals surface area contributed by atoms with Gasteiger partial charge in [0.05, 0.1) is 10.2 Å². The highest BCUT2D eigenvalue weighted by molar-refractivity contribution is 5.84. The molecule has 21 heavy (non-hydrogen) atoms. The Morgan fingerprint density at radius 3 is 3.29 bits per heavy atom. The Morgan fingerprint density at radius 2 is 2.52 bits per heavy atom. The molecule has 5 nitrogen and oxygen atoms in total. The first-order chi connectivity index (χ1) is 13.3. The Hall–Kier alpha value is -2.01. The van der Waals surface area contributed by atoms with Crippen LogP contribution in [0.2, 0.25) is 0 Å². The first kappa shape index (κ1) is 7.31. The van der Waals surface area contributed by atoms with Crippen LogP contribution in [0.15, 0.2) is 24.3 Å². The summed E-state index contributed by atoms with van der Waals surface area (Å²) in [5.74, 6) is 0. The van der Waals surface area contributed by atoms with E-state index in [9.17, 15) is 4.79 Å². The zero-order valence-electron chi connectivity index (χ0n) is 19.5. The fraction of sp³-hybridized carbons (Fsp3) is 0.438. The maximum atomic E-state index is 11.2. The Morgan fingerprint density at radius 1 is 1.62 bits per heavy atom. The molecule has 0 bridgehead atoms. The van der Waals surface area contributed by atoms with Crippen LogP contribution in [-0.2, 0) is 17.6 Å². The molecule has 0 unspecified atom stereocenters. The minimum atomic E-state index is -2.64. The van der Waals surface area contributed by atoms with Gasteiger partial charge in [0.2, 0.25) is 0 Å². The van der Waals surface area contributed by atoms with Gasteiger partial charge < -0.3 is 19.9 Å². The molecule has 3 rings (SSSR count). The van der Waals surface area contributed by atoms with Crippen molar-refractivity contribution in [1.29, 1.82) is 0 Å². The number of aromatic nitrogens is 1. The molecule has 1 amide bonds. The molecule has 0 spiro atoms. The molecule has 1 aliphatic rings. The maximum absolute atomic E-state index is 11.2. The summed E-state index contributed by atoms with van der Waals surface area (Å²) in [6.07, 6.45) is 0.657. The number of ether oxygens (including phenoxy) is 1. The smallest absolute Gasteiger partial charge is 0.407 e. The third kappa shape index (κ3) is 3.19. The molecular formula is C16H21N3O2. The Balaban J connectivity index is 2.03. The highest BCUT2D eigenvalue weighted by atomic mass is 16.6. The van der Waals surface area contributed by atoms with Gasteiger partial charge >= 0.3 is 6.09 Å². The van der Waals surface area contributed by atoms with Crippen molar-refractivity contribution in [1.82, 2.24) is 15.2 Å². The van der Waals surface area contributed by atoms with Crippen LogP contribution in [0.3, 0.4) is 0 Å². The third-order valence-corrected chi connectivity index (χ3v) is 3.27. The summed E-state index contributed by atoms with van der Waals surface area (Å²) in [4.78, 5) is 14.7. The number of hydrogen-bond acceptors (Lipinski definition) is 3. The van der Waals surface area contributed by atoms with Crippen LogP contribution in [0.1, 0.15) is 22.1 Å². The summed E-state index contributed by atoms with van der Waals surface area (Å²) in [5.41, 5.74) is 0.800. The molecular weight excluding hydrogens is 266 g/mol. The predicted molar refractivity (Wildman–Crippen MR) is 82.5 cm³/mol. The molecule has 1 aromatic carbocycles. The van der Waals surface area contributed by atoms with Gasteiger partial charge in [-0.25, -0.2) is 4.79 Å². The molecule has 1 saturated heterocycles. The minimum absolute atomic E-state index is 0.0502. The number of alkyl carbamates (subject to hydrolysis) is 1. The average molecular weight is 295 g/mol. The van der Waals surface area contributed by atoms with Gasteiger partial charge in [-0.15, -0.1) is 0 Å². The first-order valence-corrected chi connectivity index (χ1v) is 6.58. The van der Waals surface area contributed by atoms with Crippen LogP contribution in [0.5, 0.6) is 0 Å². The number of aromatic amines is 1. The van der Waals surface area contributed by atoms with Gasteiger partial charge in [0.25, 0.3) is 0 Å². The number of fused-ring (bicyclic) bond motifs is 1. The van der Waals surface area contributed by atoms with Gasteiger partial charge in [-0.3, -0.25) is 0 Å². The Bertz CT molecular complexity index is 956. The number of carbonyl (C=O) groups is 1. The van der Waals surface area contributed by atoms with E-state index in [0.29, 0.717) is 10.5 Å². The van der Waals surface area contributed by atoms with Crippen molar-refractivity contribution in [2.75, 3.05) is 27.1 Å². The van der Waals surface area contributed by atoms with Crippen LogP contribution >= 0.6 is 0 Å². The van der Waals surface area contributed by atoms with Crippen molar-refractivity contribution >= 4 is 17.0 Å². The lowest BCUT2D eigenvalue weighted by Crippen LogP contribution is -2.28. The molecule has 0 saturated carbocycles. The number of H-pyrrole nitrogens is 1. The van der Waals surface area contributed by atoms with Crippen molar-refractivity contribution < 1.29 is 20.5 Å². The topological polar surface area (TPSA) is 57.4 Å². The number of carbonyl (C=O) groups excluding carboxylic acids is 1. The maximum Gasteiger partial charge on any atom is 0.407 e. The number of amides is 1. The van der Waals surface area contributed by atoms with Crippen molar-refractivity contribution in [3.63, 3.8) is 0 Å². The third-order valence-electron chi connectivity index (χ3n) is 3.27. The lowest BCUT2D eigenvalue weighted by molar-refractivity contribution is 0.177. The number of rotatable bonds is 5.